The first kappa shape index (κ1) is 19.1. The maximum absolute atomic E-state index is 12.3. The highest BCUT2D eigenvalue weighted by Gasteiger charge is 2.25. The highest BCUT2D eigenvalue weighted by Crippen LogP contribution is 2.23. The number of benzene rings is 1. The van der Waals surface area contributed by atoms with Gasteiger partial charge in [-0.25, -0.2) is 9.78 Å². The third kappa shape index (κ3) is 5.16. The van der Waals surface area contributed by atoms with E-state index in [1.807, 2.05) is 36.4 Å². The van der Waals surface area contributed by atoms with Crippen molar-refractivity contribution in [2.24, 2.45) is 5.92 Å². The van der Waals surface area contributed by atoms with E-state index in [2.05, 4.69) is 17.2 Å². The molecule has 5 nitrogen and oxygen atoms in total. The van der Waals surface area contributed by atoms with Crippen molar-refractivity contribution in [3.63, 3.8) is 0 Å². The summed E-state index contributed by atoms with van der Waals surface area (Å²) in [7, 11) is 0. The second-order valence-electron chi connectivity index (χ2n) is 7.22. The van der Waals surface area contributed by atoms with Crippen LogP contribution >= 0.6 is 0 Å². The Morgan fingerprint density at radius 2 is 1.96 bits per heavy atom. The molecule has 2 aromatic rings. The normalized spacial score (nSPS) is 21.1. The predicted molar refractivity (Wildman–Crippen MR) is 106 cm³/mol. The van der Waals surface area contributed by atoms with E-state index in [9.17, 15) is 9.59 Å². The number of hydrogen-bond donors (Lipinski definition) is 1. The molecular formula is C22H26N2O3. The van der Waals surface area contributed by atoms with Gasteiger partial charge in [0.1, 0.15) is 0 Å². The fraction of sp³-hybridized carbons (Fsp3) is 0.409. The average molecular weight is 366 g/mol. The van der Waals surface area contributed by atoms with Crippen LogP contribution in [0.4, 0.5) is 0 Å². The minimum absolute atomic E-state index is 0.171. The largest absolute Gasteiger partial charge is 0.449 e. The zero-order valence-electron chi connectivity index (χ0n) is 15.9. The van der Waals surface area contributed by atoms with Gasteiger partial charge in [0.25, 0.3) is 5.91 Å². The summed E-state index contributed by atoms with van der Waals surface area (Å²) in [5.74, 6) is -0.326. The van der Waals surface area contributed by atoms with Crippen molar-refractivity contribution in [2.45, 2.75) is 51.7 Å². The Kier molecular flexibility index (Phi) is 6.22. The zero-order valence-corrected chi connectivity index (χ0v) is 15.9. The molecule has 1 amide bonds. The Bertz CT molecular complexity index is 846. The Labute approximate surface area is 159 Å². The predicted octanol–water partition coefficient (Wildman–Crippen LogP) is 3.87. The average Bonchev–Trinajstić information content (AvgIpc) is 2.68. The number of carbonyl (C=O) groups is 2. The first-order chi connectivity index (χ1) is 13.0. The van der Waals surface area contributed by atoms with Crippen molar-refractivity contribution in [1.82, 2.24) is 10.3 Å². The monoisotopic (exact) mass is 366 g/mol. The quantitative estimate of drug-likeness (QED) is 0.644. The lowest BCUT2D eigenvalue weighted by Gasteiger charge is -2.30. The van der Waals surface area contributed by atoms with Crippen molar-refractivity contribution in [3.8, 4) is 0 Å². The maximum Gasteiger partial charge on any atom is 0.331 e. The number of esters is 1. The van der Waals surface area contributed by atoms with Crippen LogP contribution in [0.5, 0.6) is 0 Å². The van der Waals surface area contributed by atoms with E-state index >= 15 is 0 Å². The smallest absolute Gasteiger partial charge is 0.331 e. The van der Waals surface area contributed by atoms with Gasteiger partial charge in [-0.2, -0.15) is 0 Å². The lowest BCUT2D eigenvalue weighted by molar-refractivity contribution is -0.150. The van der Waals surface area contributed by atoms with Gasteiger partial charge in [-0.05, 0) is 43.9 Å². The molecule has 3 atom stereocenters. The Hall–Kier alpha value is -2.69. The molecular weight excluding hydrogens is 340 g/mol. The van der Waals surface area contributed by atoms with E-state index < -0.39 is 12.1 Å². The fourth-order valence-electron chi connectivity index (χ4n) is 3.43. The van der Waals surface area contributed by atoms with Crippen molar-refractivity contribution < 1.29 is 14.3 Å². The molecule has 1 N–H and O–H groups in total. The molecule has 3 unspecified atom stereocenters. The van der Waals surface area contributed by atoms with Gasteiger partial charge in [-0.3, -0.25) is 4.79 Å². The highest BCUT2D eigenvalue weighted by molar-refractivity contribution is 5.90. The molecule has 27 heavy (non-hydrogen) atoms. The summed E-state index contributed by atoms with van der Waals surface area (Å²) in [6.45, 7) is 3.75. The lowest BCUT2D eigenvalue weighted by Crippen LogP contribution is -2.45. The molecule has 0 aliphatic heterocycles. The summed E-state index contributed by atoms with van der Waals surface area (Å²) < 4.78 is 5.23. The van der Waals surface area contributed by atoms with Gasteiger partial charge < -0.3 is 10.1 Å². The lowest BCUT2D eigenvalue weighted by atomic mass is 9.86. The minimum Gasteiger partial charge on any atom is -0.449 e. The fourth-order valence-corrected chi connectivity index (χ4v) is 3.43. The summed E-state index contributed by atoms with van der Waals surface area (Å²) in [5.41, 5.74) is 1.53. The second-order valence-corrected chi connectivity index (χ2v) is 7.22. The number of fused-ring (bicyclic) bond motifs is 1. The van der Waals surface area contributed by atoms with Gasteiger partial charge in [0, 0.05) is 17.5 Å². The van der Waals surface area contributed by atoms with Gasteiger partial charge in [-0.15, -0.1) is 0 Å². The standard InChI is InChI=1S/C22H26N2O3/c1-15-7-3-5-9-19(15)24-22(26)16(2)27-21(25)14-13-18-12-11-17-8-4-6-10-20(17)23-18/h4,6,8,10-16,19H,3,5,7,9H2,1-2H3,(H,24,26)/b14-13+. The van der Waals surface area contributed by atoms with E-state index in [4.69, 9.17) is 4.74 Å². The molecule has 142 valence electrons. The van der Waals surface area contributed by atoms with Gasteiger partial charge in [0.2, 0.25) is 0 Å². The number of amides is 1. The SMILES string of the molecule is CC(OC(=O)/C=C/c1ccc2ccccc2n1)C(=O)NC1CCCCC1C. The van der Waals surface area contributed by atoms with Crippen molar-refractivity contribution in [2.75, 3.05) is 0 Å². The van der Waals surface area contributed by atoms with Gasteiger partial charge in [0.15, 0.2) is 6.10 Å². The van der Waals surface area contributed by atoms with Crippen molar-refractivity contribution in [3.05, 3.63) is 48.2 Å². The number of nitrogens with one attached hydrogen (secondary N) is 1. The maximum atomic E-state index is 12.3. The number of carbonyl (C=O) groups excluding carboxylic acids is 2. The number of nitrogens with zero attached hydrogens (tertiary/aromatic N) is 1. The van der Waals surface area contributed by atoms with Gasteiger partial charge >= 0.3 is 5.97 Å². The van der Waals surface area contributed by atoms with Crippen LogP contribution in [0, 0.1) is 5.92 Å². The van der Waals surface area contributed by atoms with E-state index in [1.165, 1.54) is 12.5 Å². The summed E-state index contributed by atoms with van der Waals surface area (Å²) in [4.78, 5) is 28.8. The second kappa shape index (κ2) is 8.80. The first-order valence-corrected chi connectivity index (χ1v) is 9.58. The van der Waals surface area contributed by atoms with Crippen molar-refractivity contribution >= 4 is 28.9 Å². The molecule has 1 aromatic carbocycles. The molecule has 1 fully saturated rings. The van der Waals surface area contributed by atoms with E-state index in [1.54, 1.807) is 13.0 Å². The molecule has 0 radical (unpaired) electrons. The number of rotatable bonds is 5. The summed E-state index contributed by atoms with van der Waals surface area (Å²) >= 11 is 0. The molecule has 1 heterocycles. The summed E-state index contributed by atoms with van der Waals surface area (Å²) in [5, 5.41) is 4.06. The van der Waals surface area contributed by atoms with Crippen molar-refractivity contribution in [1.29, 1.82) is 0 Å². The molecule has 0 bridgehead atoms. The highest BCUT2D eigenvalue weighted by atomic mass is 16.5. The molecule has 1 saturated carbocycles. The van der Waals surface area contributed by atoms with E-state index in [-0.39, 0.29) is 11.9 Å². The molecule has 5 heteroatoms. The molecule has 1 aliphatic carbocycles. The Morgan fingerprint density at radius 3 is 2.78 bits per heavy atom. The Balaban J connectivity index is 1.54. The van der Waals surface area contributed by atoms with E-state index in [0.717, 1.165) is 30.2 Å². The summed E-state index contributed by atoms with van der Waals surface area (Å²) in [6, 6.07) is 11.7. The number of para-hydroxylation sites is 1. The molecule has 0 spiro atoms. The topological polar surface area (TPSA) is 68.3 Å². The van der Waals surface area contributed by atoms with Gasteiger partial charge in [0.05, 0.1) is 11.2 Å². The van der Waals surface area contributed by atoms with Crippen LogP contribution in [0.25, 0.3) is 17.0 Å². The van der Waals surface area contributed by atoms with Crippen LogP contribution in [0.3, 0.4) is 0 Å². The van der Waals surface area contributed by atoms with E-state index in [0.29, 0.717) is 11.6 Å². The number of pyridine rings is 1. The molecule has 1 aromatic heterocycles. The molecule has 0 saturated heterocycles. The van der Waals surface area contributed by atoms with Crippen LogP contribution in [0.1, 0.15) is 45.2 Å². The zero-order chi connectivity index (χ0) is 19.2. The number of ether oxygens (including phenoxy) is 1. The molecule has 3 rings (SSSR count). The van der Waals surface area contributed by atoms with Crippen LogP contribution in [0.2, 0.25) is 0 Å². The third-order valence-corrected chi connectivity index (χ3v) is 5.11. The summed E-state index contributed by atoms with van der Waals surface area (Å²) in [6.07, 6.45) is 6.55. The minimum atomic E-state index is -0.819. The van der Waals surface area contributed by atoms with Crippen LogP contribution in [-0.4, -0.2) is 29.0 Å². The first-order valence-electron chi connectivity index (χ1n) is 9.58. The number of hydrogen-bond acceptors (Lipinski definition) is 4. The van der Waals surface area contributed by atoms with Crippen LogP contribution in [0.15, 0.2) is 42.5 Å². The van der Waals surface area contributed by atoms with Crippen LogP contribution in [-0.2, 0) is 14.3 Å². The van der Waals surface area contributed by atoms with Gasteiger partial charge in [-0.1, -0.05) is 44.0 Å². The Morgan fingerprint density at radius 1 is 1.19 bits per heavy atom. The van der Waals surface area contributed by atoms with Crippen LogP contribution < -0.4 is 5.32 Å². The number of aromatic nitrogens is 1. The molecule has 1 aliphatic rings. The third-order valence-electron chi connectivity index (χ3n) is 5.11.